The van der Waals surface area contributed by atoms with Crippen molar-refractivity contribution in [2.45, 2.75) is 38.7 Å². The fourth-order valence-electron chi connectivity index (χ4n) is 3.65. The van der Waals surface area contributed by atoms with E-state index in [0.717, 1.165) is 21.9 Å². The van der Waals surface area contributed by atoms with Gasteiger partial charge in [-0.05, 0) is 38.1 Å². The van der Waals surface area contributed by atoms with Gasteiger partial charge in [0.2, 0.25) is 5.82 Å². The number of H-pyrrole nitrogens is 1. The normalized spacial score (nSPS) is 19.3. The molecule has 0 bridgehead atoms. The molecule has 0 saturated carbocycles. The van der Waals surface area contributed by atoms with Gasteiger partial charge in [0.1, 0.15) is 25.0 Å². The minimum Gasteiger partial charge on any atom is -0.459 e. The van der Waals surface area contributed by atoms with Gasteiger partial charge in [0.25, 0.3) is 5.56 Å². The van der Waals surface area contributed by atoms with Crippen LogP contribution in [0, 0.1) is 19.7 Å². The topological polar surface area (TPSA) is 117 Å². The molecule has 4 rings (SSSR count). The van der Waals surface area contributed by atoms with Gasteiger partial charge in [0.15, 0.2) is 0 Å². The maximum absolute atomic E-state index is 13.8. The van der Waals surface area contributed by atoms with E-state index in [1.807, 2.05) is 18.8 Å². The molecule has 1 aliphatic rings. The third-order valence-corrected chi connectivity index (χ3v) is 5.63. The molecule has 9 nitrogen and oxygen atoms in total. The summed E-state index contributed by atoms with van der Waals surface area (Å²) >= 11 is 0. The Morgan fingerprint density at radius 1 is 1.00 bits per heavy atom. The number of hydrogen-bond donors (Lipinski definition) is 1. The van der Waals surface area contributed by atoms with Gasteiger partial charge in [-0.25, -0.2) is 14.4 Å². The van der Waals surface area contributed by atoms with Gasteiger partial charge in [0, 0.05) is 6.42 Å². The van der Waals surface area contributed by atoms with Crippen molar-refractivity contribution in [1.29, 1.82) is 0 Å². The molecule has 0 aliphatic carbocycles. The fourth-order valence-corrected chi connectivity index (χ4v) is 3.65. The van der Waals surface area contributed by atoms with Gasteiger partial charge in [-0.15, -0.1) is 0 Å². The Kier molecular flexibility index (Phi) is 6.92. The van der Waals surface area contributed by atoms with E-state index in [-0.39, 0.29) is 13.0 Å². The summed E-state index contributed by atoms with van der Waals surface area (Å²) in [5, 5.41) is 0. The number of nitrogens with zero attached hydrogens (tertiary/aromatic N) is 1. The van der Waals surface area contributed by atoms with Crippen LogP contribution in [0.15, 0.2) is 64.3 Å². The van der Waals surface area contributed by atoms with Crippen LogP contribution in [0.5, 0.6) is 0 Å². The van der Waals surface area contributed by atoms with E-state index in [1.54, 1.807) is 48.5 Å². The number of carbonyl (C=O) groups excluding carboxylic acids is 2. The summed E-state index contributed by atoms with van der Waals surface area (Å²) < 4.78 is 31.5. The third-order valence-electron chi connectivity index (χ3n) is 5.63. The Morgan fingerprint density at radius 3 is 2.17 bits per heavy atom. The van der Waals surface area contributed by atoms with Crippen LogP contribution in [0.25, 0.3) is 0 Å². The fraction of sp³-hybridized carbons (Fsp3) is 0.280. The van der Waals surface area contributed by atoms with Gasteiger partial charge in [-0.1, -0.05) is 35.4 Å². The van der Waals surface area contributed by atoms with Crippen molar-refractivity contribution >= 4 is 11.9 Å². The number of aryl methyl sites for hydroxylation is 2. The molecule has 0 radical (unpaired) electrons. The van der Waals surface area contributed by atoms with E-state index >= 15 is 0 Å². The number of benzene rings is 2. The summed E-state index contributed by atoms with van der Waals surface area (Å²) in [6.45, 7) is 3.48. The molecule has 2 aromatic carbocycles. The van der Waals surface area contributed by atoms with Crippen molar-refractivity contribution in [1.82, 2.24) is 9.55 Å². The van der Waals surface area contributed by atoms with Crippen LogP contribution in [0.1, 0.15) is 44.5 Å². The molecular weight excluding hydrogens is 459 g/mol. The maximum Gasteiger partial charge on any atom is 0.338 e. The molecule has 1 N–H and O–H groups in total. The SMILES string of the molecule is Cc1ccc(C(=O)OC[C@H]2O[C@@H](n3cc(F)c(=O)[nH]c3=O)C[C@@H]2OC(=O)c2ccc(C)cc2)cc1. The zero-order chi connectivity index (χ0) is 25.1. The van der Waals surface area contributed by atoms with Crippen LogP contribution >= 0.6 is 0 Å². The lowest BCUT2D eigenvalue weighted by Gasteiger charge is -2.19. The first-order valence-electron chi connectivity index (χ1n) is 10.9. The zero-order valence-corrected chi connectivity index (χ0v) is 19.0. The van der Waals surface area contributed by atoms with E-state index in [1.165, 1.54) is 0 Å². The number of esters is 2. The van der Waals surface area contributed by atoms with Gasteiger partial charge < -0.3 is 14.2 Å². The number of nitrogens with one attached hydrogen (secondary N) is 1. The monoisotopic (exact) mass is 482 g/mol. The Morgan fingerprint density at radius 2 is 1.57 bits per heavy atom. The van der Waals surface area contributed by atoms with Gasteiger partial charge in [0.05, 0.1) is 17.3 Å². The van der Waals surface area contributed by atoms with Crippen LogP contribution in [-0.2, 0) is 14.2 Å². The van der Waals surface area contributed by atoms with E-state index < -0.39 is 47.4 Å². The molecule has 3 atom stereocenters. The van der Waals surface area contributed by atoms with Crippen molar-refractivity contribution in [3.8, 4) is 0 Å². The molecule has 0 unspecified atom stereocenters. The van der Waals surface area contributed by atoms with Crippen LogP contribution < -0.4 is 11.2 Å². The molecule has 3 aromatic rings. The lowest BCUT2D eigenvalue weighted by molar-refractivity contribution is -0.0584. The first kappa shape index (κ1) is 24.1. The van der Waals surface area contributed by atoms with Crippen molar-refractivity contribution < 1.29 is 28.2 Å². The molecule has 1 aromatic heterocycles. The van der Waals surface area contributed by atoms with Gasteiger partial charge in [-0.2, -0.15) is 4.39 Å². The summed E-state index contributed by atoms with van der Waals surface area (Å²) in [7, 11) is 0. The second-order valence-electron chi connectivity index (χ2n) is 8.28. The summed E-state index contributed by atoms with van der Waals surface area (Å²) in [6, 6.07) is 13.5. The maximum atomic E-state index is 13.8. The quantitative estimate of drug-likeness (QED) is 0.537. The highest BCUT2D eigenvalue weighted by Crippen LogP contribution is 2.31. The molecule has 2 heterocycles. The number of halogens is 1. The van der Waals surface area contributed by atoms with Crippen LogP contribution in [-0.4, -0.2) is 40.3 Å². The molecule has 1 saturated heterocycles. The number of aromatic amines is 1. The third kappa shape index (κ3) is 5.55. The molecule has 0 amide bonds. The number of aromatic nitrogens is 2. The predicted octanol–water partition coefficient (Wildman–Crippen LogP) is 2.66. The lowest BCUT2D eigenvalue weighted by atomic mass is 10.1. The molecule has 182 valence electrons. The molecule has 0 spiro atoms. The Labute approximate surface area is 199 Å². The first-order valence-corrected chi connectivity index (χ1v) is 10.9. The van der Waals surface area contributed by atoms with Crippen molar-refractivity contribution in [3.05, 3.63) is 104 Å². The molecule has 1 fully saturated rings. The van der Waals surface area contributed by atoms with Crippen molar-refractivity contribution in [2.75, 3.05) is 6.61 Å². The van der Waals surface area contributed by atoms with E-state index in [0.29, 0.717) is 11.1 Å². The highest BCUT2D eigenvalue weighted by atomic mass is 19.1. The van der Waals surface area contributed by atoms with Crippen LogP contribution in [0.2, 0.25) is 0 Å². The predicted molar refractivity (Wildman–Crippen MR) is 122 cm³/mol. The Bertz CT molecular complexity index is 1350. The minimum absolute atomic E-state index is 0.0320. The number of carbonyl (C=O) groups is 2. The Hall–Kier alpha value is -4.05. The summed E-state index contributed by atoms with van der Waals surface area (Å²) in [6.07, 6.45) is -2.22. The van der Waals surface area contributed by atoms with Gasteiger partial charge in [-0.3, -0.25) is 14.3 Å². The molecule has 35 heavy (non-hydrogen) atoms. The average molecular weight is 482 g/mol. The average Bonchev–Trinajstić information content (AvgIpc) is 3.22. The minimum atomic E-state index is -1.17. The van der Waals surface area contributed by atoms with E-state index in [2.05, 4.69) is 0 Å². The molecule has 1 aliphatic heterocycles. The highest BCUT2D eigenvalue weighted by Gasteiger charge is 2.40. The summed E-state index contributed by atoms with van der Waals surface area (Å²) in [4.78, 5) is 50.6. The van der Waals surface area contributed by atoms with Crippen molar-refractivity contribution in [2.24, 2.45) is 0 Å². The number of rotatable bonds is 6. The molecular formula is C25H23FN2O7. The number of hydrogen-bond acceptors (Lipinski definition) is 7. The summed E-state index contributed by atoms with van der Waals surface area (Å²) in [5.41, 5.74) is 0.535. The van der Waals surface area contributed by atoms with Gasteiger partial charge >= 0.3 is 17.6 Å². The highest BCUT2D eigenvalue weighted by molar-refractivity contribution is 5.90. The lowest BCUT2D eigenvalue weighted by Crippen LogP contribution is -2.34. The Balaban J connectivity index is 1.53. The first-order chi connectivity index (χ1) is 16.7. The van der Waals surface area contributed by atoms with Crippen molar-refractivity contribution in [3.63, 3.8) is 0 Å². The number of ether oxygens (including phenoxy) is 3. The second kappa shape index (κ2) is 10.1. The molecule has 10 heteroatoms. The van der Waals surface area contributed by atoms with Crippen LogP contribution in [0.3, 0.4) is 0 Å². The van der Waals surface area contributed by atoms with E-state index in [9.17, 15) is 23.6 Å². The van der Waals surface area contributed by atoms with Crippen LogP contribution in [0.4, 0.5) is 4.39 Å². The van der Waals surface area contributed by atoms with E-state index in [4.69, 9.17) is 14.2 Å². The zero-order valence-electron chi connectivity index (χ0n) is 19.0. The smallest absolute Gasteiger partial charge is 0.338 e. The standard InChI is InChI=1S/C25H23FN2O7/c1-14-3-7-16(8-4-14)23(30)33-13-20-19(35-24(31)17-9-5-15(2)6-10-17)11-21(34-20)28-12-18(26)22(29)27-25(28)32/h3-10,12,19-21H,11,13H2,1-2H3,(H,27,29,32)/t19-,20+,21+/m0/s1. The largest absolute Gasteiger partial charge is 0.459 e. The second-order valence-corrected chi connectivity index (χ2v) is 8.28. The summed E-state index contributed by atoms with van der Waals surface area (Å²) in [5.74, 6) is -2.40.